The summed E-state index contributed by atoms with van der Waals surface area (Å²) in [5.74, 6) is 0.540. The molecule has 1 aromatic heterocycles. The average molecular weight is 274 g/mol. The minimum Gasteiger partial charge on any atom is -0.326 e. The van der Waals surface area contributed by atoms with E-state index in [1.165, 1.54) is 6.92 Å². The molecule has 2 rings (SSSR count). The lowest BCUT2D eigenvalue weighted by Crippen LogP contribution is -2.23. The summed E-state index contributed by atoms with van der Waals surface area (Å²) in [7, 11) is 0. The fourth-order valence-electron chi connectivity index (χ4n) is 1.99. The van der Waals surface area contributed by atoms with E-state index in [4.69, 9.17) is 0 Å². The summed E-state index contributed by atoms with van der Waals surface area (Å²) in [4.78, 5) is 11.1. The van der Waals surface area contributed by atoms with E-state index in [2.05, 4.69) is 31.3 Å². The van der Waals surface area contributed by atoms with E-state index in [1.54, 1.807) is 0 Å². The lowest BCUT2D eigenvalue weighted by molar-refractivity contribution is -0.114. The molecule has 0 aliphatic heterocycles. The Bertz CT molecular complexity index is 568. The molecule has 0 aliphatic rings. The molecule has 7 heteroatoms. The van der Waals surface area contributed by atoms with Crippen LogP contribution in [0.4, 0.5) is 5.69 Å². The molecule has 7 nitrogen and oxygen atoms in total. The Kier molecular flexibility index (Phi) is 4.41. The maximum atomic E-state index is 11.1. The number of anilines is 1. The van der Waals surface area contributed by atoms with E-state index in [1.807, 2.05) is 38.1 Å². The van der Waals surface area contributed by atoms with Crippen molar-refractivity contribution in [1.29, 1.82) is 0 Å². The van der Waals surface area contributed by atoms with Crippen LogP contribution in [0.2, 0.25) is 0 Å². The molecule has 0 spiro atoms. The van der Waals surface area contributed by atoms with Crippen molar-refractivity contribution >= 4 is 11.6 Å². The topological polar surface area (TPSA) is 95.6 Å². The van der Waals surface area contributed by atoms with E-state index < -0.39 is 0 Å². The maximum Gasteiger partial charge on any atom is 0.221 e. The standard InChI is InChI=1S/C13H18N6O/c1-8(14-9(2)13-16-18-19-17-13)11-5-4-6-12(7-11)15-10(3)20/h4-9,14H,1-3H3,(H,15,20)(H,16,17,18,19). The van der Waals surface area contributed by atoms with Gasteiger partial charge in [-0.3, -0.25) is 4.79 Å². The molecule has 106 valence electrons. The van der Waals surface area contributed by atoms with Crippen molar-refractivity contribution in [3.63, 3.8) is 0 Å². The first kappa shape index (κ1) is 14.1. The van der Waals surface area contributed by atoms with Crippen molar-refractivity contribution in [2.24, 2.45) is 0 Å². The summed E-state index contributed by atoms with van der Waals surface area (Å²) in [6.45, 7) is 5.51. The Hall–Kier alpha value is -2.28. The van der Waals surface area contributed by atoms with Crippen LogP contribution in [-0.4, -0.2) is 26.5 Å². The van der Waals surface area contributed by atoms with Gasteiger partial charge in [-0.2, -0.15) is 5.21 Å². The zero-order valence-corrected chi connectivity index (χ0v) is 11.7. The van der Waals surface area contributed by atoms with Gasteiger partial charge in [0.25, 0.3) is 0 Å². The number of amides is 1. The highest BCUT2D eigenvalue weighted by Gasteiger charge is 2.14. The molecule has 2 aromatic rings. The van der Waals surface area contributed by atoms with Crippen LogP contribution in [0.5, 0.6) is 0 Å². The van der Waals surface area contributed by atoms with Crippen molar-refractivity contribution in [3.05, 3.63) is 35.7 Å². The molecule has 1 amide bonds. The fourth-order valence-corrected chi connectivity index (χ4v) is 1.99. The molecule has 0 saturated heterocycles. The van der Waals surface area contributed by atoms with Crippen LogP contribution in [0.1, 0.15) is 44.2 Å². The minimum absolute atomic E-state index is 0.0202. The first-order valence-electron chi connectivity index (χ1n) is 6.43. The van der Waals surface area contributed by atoms with Crippen molar-refractivity contribution < 1.29 is 4.79 Å². The second-order valence-electron chi connectivity index (χ2n) is 4.69. The van der Waals surface area contributed by atoms with Gasteiger partial charge in [-0.25, -0.2) is 0 Å². The number of tetrazole rings is 1. The quantitative estimate of drug-likeness (QED) is 0.769. The smallest absolute Gasteiger partial charge is 0.221 e. The monoisotopic (exact) mass is 274 g/mol. The molecule has 3 N–H and O–H groups in total. The van der Waals surface area contributed by atoms with Gasteiger partial charge in [-0.05, 0) is 31.5 Å². The predicted molar refractivity (Wildman–Crippen MR) is 74.9 cm³/mol. The van der Waals surface area contributed by atoms with E-state index in [9.17, 15) is 4.79 Å². The third-order valence-electron chi connectivity index (χ3n) is 2.96. The van der Waals surface area contributed by atoms with Gasteiger partial charge in [0.05, 0.1) is 6.04 Å². The third-order valence-corrected chi connectivity index (χ3v) is 2.96. The minimum atomic E-state index is -0.0806. The van der Waals surface area contributed by atoms with Gasteiger partial charge in [0, 0.05) is 18.7 Å². The van der Waals surface area contributed by atoms with Gasteiger partial charge >= 0.3 is 0 Å². The second kappa shape index (κ2) is 6.25. The lowest BCUT2D eigenvalue weighted by atomic mass is 10.1. The van der Waals surface area contributed by atoms with Crippen molar-refractivity contribution in [2.45, 2.75) is 32.9 Å². The highest BCUT2D eigenvalue weighted by Crippen LogP contribution is 2.20. The van der Waals surface area contributed by atoms with E-state index >= 15 is 0 Å². The molecule has 2 unspecified atom stereocenters. The molecule has 1 aromatic carbocycles. The number of H-pyrrole nitrogens is 1. The maximum absolute atomic E-state index is 11.1. The number of hydrogen-bond donors (Lipinski definition) is 3. The third kappa shape index (κ3) is 3.61. The Labute approximate surface area is 117 Å². The van der Waals surface area contributed by atoms with Crippen molar-refractivity contribution in [3.8, 4) is 0 Å². The number of rotatable bonds is 5. The lowest BCUT2D eigenvalue weighted by Gasteiger charge is -2.18. The number of benzene rings is 1. The number of carbonyl (C=O) groups is 1. The van der Waals surface area contributed by atoms with Crippen LogP contribution in [0, 0.1) is 0 Å². The van der Waals surface area contributed by atoms with Crippen LogP contribution >= 0.6 is 0 Å². The first-order valence-corrected chi connectivity index (χ1v) is 6.43. The number of nitrogens with one attached hydrogen (secondary N) is 3. The zero-order chi connectivity index (χ0) is 14.5. The van der Waals surface area contributed by atoms with Gasteiger partial charge in [-0.15, -0.1) is 10.2 Å². The van der Waals surface area contributed by atoms with Crippen LogP contribution in [0.25, 0.3) is 0 Å². The van der Waals surface area contributed by atoms with Crippen LogP contribution in [0.3, 0.4) is 0 Å². The fraction of sp³-hybridized carbons (Fsp3) is 0.385. The average Bonchev–Trinajstić information content (AvgIpc) is 2.92. The number of aromatic nitrogens is 4. The highest BCUT2D eigenvalue weighted by atomic mass is 16.1. The summed E-state index contributed by atoms with van der Waals surface area (Å²) in [5.41, 5.74) is 1.86. The van der Waals surface area contributed by atoms with Crippen LogP contribution < -0.4 is 10.6 Å². The van der Waals surface area contributed by atoms with Crippen molar-refractivity contribution in [2.75, 3.05) is 5.32 Å². The van der Waals surface area contributed by atoms with E-state index in [-0.39, 0.29) is 18.0 Å². The summed E-state index contributed by atoms with van der Waals surface area (Å²) in [6.07, 6.45) is 0. The van der Waals surface area contributed by atoms with Gasteiger partial charge < -0.3 is 10.6 Å². The normalized spacial score (nSPS) is 13.8. The molecule has 0 radical (unpaired) electrons. The van der Waals surface area contributed by atoms with Crippen molar-refractivity contribution in [1.82, 2.24) is 25.9 Å². The molecular formula is C13H18N6O. The Morgan fingerprint density at radius 1 is 1.30 bits per heavy atom. The summed E-state index contributed by atoms with van der Waals surface area (Å²) in [5, 5.41) is 20.0. The number of nitrogens with zero attached hydrogens (tertiary/aromatic N) is 3. The Morgan fingerprint density at radius 3 is 2.75 bits per heavy atom. The predicted octanol–water partition coefficient (Wildman–Crippen LogP) is 1.57. The summed E-state index contributed by atoms with van der Waals surface area (Å²) < 4.78 is 0. The van der Waals surface area contributed by atoms with Crippen LogP contribution in [-0.2, 0) is 4.79 Å². The summed E-state index contributed by atoms with van der Waals surface area (Å²) in [6, 6.07) is 7.80. The zero-order valence-electron chi connectivity index (χ0n) is 11.7. The Balaban J connectivity index is 2.05. The van der Waals surface area contributed by atoms with E-state index in [0.717, 1.165) is 11.3 Å². The number of carbonyl (C=O) groups excluding carboxylic acids is 1. The molecule has 2 atom stereocenters. The molecule has 20 heavy (non-hydrogen) atoms. The van der Waals surface area contributed by atoms with Gasteiger partial charge in [0.1, 0.15) is 0 Å². The first-order chi connectivity index (χ1) is 9.56. The molecule has 0 fully saturated rings. The molecule has 0 aliphatic carbocycles. The summed E-state index contributed by atoms with van der Waals surface area (Å²) >= 11 is 0. The molecule has 0 saturated carbocycles. The molecule has 1 heterocycles. The van der Waals surface area contributed by atoms with Crippen LogP contribution in [0.15, 0.2) is 24.3 Å². The number of hydrogen-bond acceptors (Lipinski definition) is 5. The van der Waals surface area contributed by atoms with Gasteiger partial charge in [-0.1, -0.05) is 17.3 Å². The van der Waals surface area contributed by atoms with E-state index in [0.29, 0.717) is 5.82 Å². The van der Waals surface area contributed by atoms with Gasteiger partial charge in [0.2, 0.25) is 5.91 Å². The number of aromatic amines is 1. The SMILES string of the molecule is CC(=O)Nc1cccc(C(C)NC(C)c2nn[nH]n2)c1. The molecular weight excluding hydrogens is 256 g/mol. The second-order valence-corrected chi connectivity index (χ2v) is 4.69. The highest BCUT2D eigenvalue weighted by molar-refractivity contribution is 5.88. The largest absolute Gasteiger partial charge is 0.326 e. The Morgan fingerprint density at radius 2 is 2.10 bits per heavy atom. The van der Waals surface area contributed by atoms with Gasteiger partial charge in [0.15, 0.2) is 5.82 Å². The molecule has 0 bridgehead atoms.